The molecule has 0 saturated carbocycles. The maximum atomic E-state index is 12.2. The van der Waals surface area contributed by atoms with Gasteiger partial charge in [-0.05, 0) is 76.8 Å². The highest BCUT2D eigenvalue weighted by molar-refractivity contribution is 6.36. The summed E-state index contributed by atoms with van der Waals surface area (Å²) in [5.41, 5.74) is 9.51. The average Bonchev–Trinajstić information content (AvgIpc) is 3.40. The molecule has 0 bridgehead atoms. The van der Waals surface area contributed by atoms with Gasteiger partial charge in [-0.2, -0.15) is 0 Å². The van der Waals surface area contributed by atoms with Crippen molar-refractivity contribution in [3.63, 3.8) is 0 Å². The van der Waals surface area contributed by atoms with Gasteiger partial charge in [-0.25, -0.2) is 0 Å². The average molecular weight is 449 g/mol. The second-order valence-electron chi connectivity index (χ2n) is 9.70. The van der Waals surface area contributed by atoms with Crippen molar-refractivity contribution in [3.05, 3.63) is 108 Å². The number of hydrogen-bond acceptors (Lipinski definition) is 1. The Morgan fingerprint density at radius 3 is 2.17 bits per heavy atom. The molecule has 0 saturated heterocycles. The van der Waals surface area contributed by atoms with Gasteiger partial charge in [0.05, 0.1) is 6.42 Å². The smallest absolute Gasteiger partial charge is 0.304 e. The summed E-state index contributed by atoms with van der Waals surface area (Å²) in [4.78, 5) is 12.2. The van der Waals surface area contributed by atoms with Gasteiger partial charge in [-0.15, -0.1) is 0 Å². The summed E-state index contributed by atoms with van der Waals surface area (Å²) in [5.74, 6) is -0.946. The Morgan fingerprint density at radius 1 is 0.629 bits per heavy atom. The fourth-order valence-corrected chi connectivity index (χ4v) is 6.78. The molecule has 6 aromatic rings. The predicted molar refractivity (Wildman–Crippen MR) is 143 cm³/mol. The quantitative estimate of drug-likeness (QED) is 0.276. The third-order valence-corrected chi connectivity index (χ3v) is 8.00. The van der Waals surface area contributed by atoms with Gasteiger partial charge in [0.2, 0.25) is 0 Å². The highest BCUT2D eigenvalue weighted by Gasteiger charge is 2.38. The minimum atomic E-state index is -0.766. The fourth-order valence-electron chi connectivity index (χ4n) is 6.78. The first-order valence-corrected chi connectivity index (χ1v) is 12.1. The second-order valence-corrected chi connectivity index (χ2v) is 9.70. The van der Waals surface area contributed by atoms with Gasteiger partial charge in [-0.1, -0.05) is 97.1 Å². The minimum absolute atomic E-state index is 0.0824. The van der Waals surface area contributed by atoms with Crippen LogP contribution in [0, 0.1) is 0 Å². The van der Waals surface area contributed by atoms with Crippen LogP contribution in [0.2, 0.25) is 0 Å². The standard InChI is InChI=1S/C33H20O2/c34-26(35)17-25-21-10-4-5-11-22(21)30-28(18-7-2-1-3-8-18)24-16-15-20-14-13-19-9-6-12-23-27(19)29(20)31(24)32(23)33(25)30/h1-16,25H,17H2,(H,34,35). The van der Waals surface area contributed by atoms with Crippen molar-refractivity contribution in [1.82, 2.24) is 0 Å². The molecule has 2 nitrogen and oxygen atoms in total. The van der Waals surface area contributed by atoms with Crippen LogP contribution >= 0.6 is 0 Å². The highest BCUT2D eigenvalue weighted by atomic mass is 16.4. The number of aliphatic carboxylic acids is 1. The Hall–Kier alpha value is -4.43. The summed E-state index contributed by atoms with van der Waals surface area (Å²) >= 11 is 0. The summed E-state index contributed by atoms with van der Waals surface area (Å²) < 4.78 is 0. The molecule has 0 spiro atoms. The summed E-state index contributed by atoms with van der Waals surface area (Å²) in [7, 11) is 0. The van der Waals surface area contributed by atoms with Crippen molar-refractivity contribution in [2.24, 2.45) is 0 Å². The molecule has 0 amide bonds. The van der Waals surface area contributed by atoms with E-state index in [-0.39, 0.29) is 12.3 Å². The molecule has 2 aliphatic rings. The molecule has 1 N–H and O–H groups in total. The predicted octanol–water partition coefficient (Wildman–Crippen LogP) is 8.38. The van der Waals surface area contributed by atoms with Crippen molar-refractivity contribution in [2.75, 3.05) is 0 Å². The van der Waals surface area contributed by atoms with Gasteiger partial charge in [-0.3, -0.25) is 4.79 Å². The molecule has 6 aromatic carbocycles. The van der Waals surface area contributed by atoms with Crippen molar-refractivity contribution >= 4 is 38.3 Å². The van der Waals surface area contributed by atoms with Crippen LogP contribution in [0.3, 0.4) is 0 Å². The number of fused-ring (bicyclic) bond motifs is 5. The normalized spacial score (nSPS) is 14.9. The molecule has 2 aliphatic carbocycles. The first kappa shape index (κ1) is 18.9. The zero-order chi connectivity index (χ0) is 23.3. The van der Waals surface area contributed by atoms with Crippen LogP contribution in [0.5, 0.6) is 0 Å². The van der Waals surface area contributed by atoms with Crippen LogP contribution in [-0.4, -0.2) is 11.1 Å². The van der Waals surface area contributed by atoms with Crippen LogP contribution in [0.25, 0.3) is 65.7 Å². The largest absolute Gasteiger partial charge is 0.481 e. The summed E-state index contributed by atoms with van der Waals surface area (Å²) in [6.07, 6.45) is 0.0824. The van der Waals surface area contributed by atoms with Crippen molar-refractivity contribution in [2.45, 2.75) is 12.3 Å². The lowest BCUT2D eigenvalue weighted by Gasteiger charge is -2.20. The number of carbonyl (C=O) groups is 1. The molecule has 2 heteroatoms. The third-order valence-electron chi connectivity index (χ3n) is 8.00. The Balaban J connectivity index is 1.67. The molecule has 35 heavy (non-hydrogen) atoms. The Kier molecular flexibility index (Phi) is 3.56. The summed E-state index contributed by atoms with van der Waals surface area (Å²) in [5, 5.41) is 17.6. The van der Waals surface area contributed by atoms with Crippen molar-refractivity contribution in [1.29, 1.82) is 0 Å². The maximum Gasteiger partial charge on any atom is 0.304 e. The molecule has 0 aromatic heterocycles. The molecule has 0 heterocycles. The fraction of sp³-hybridized carbons (Fsp3) is 0.0606. The Morgan fingerprint density at radius 2 is 1.34 bits per heavy atom. The van der Waals surface area contributed by atoms with E-state index in [2.05, 4.69) is 84.9 Å². The number of carboxylic acids is 1. The van der Waals surface area contributed by atoms with E-state index in [1.54, 1.807) is 0 Å². The van der Waals surface area contributed by atoms with E-state index < -0.39 is 5.97 Å². The van der Waals surface area contributed by atoms with Gasteiger partial charge >= 0.3 is 5.97 Å². The highest BCUT2D eigenvalue weighted by Crippen LogP contribution is 2.60. The maximum absolute atomic E-state index is 12.2. The number of rotatable bonds is 3. The monoisotopic (exact) mass is 448 g/mol. The lowest BCUT2D eigenvalue weighted by atomic mass is 9.82. The minimum Gasteiger partial charge on any atom is -0.481 e. The first-order valence-electron chi connectivity index (χ1n) is 12.1. The molecular weight excluding hydrogens is 428 g/mol. The summed E-state index contributed by atoms with van der Waals surface area (Å²) in [6, 6.07) is 34.5. The van der Waals surface area contributed by atoms with Gasteiger partial charge in [0.25, 0.3) is 0 Å². The van der Waals surface area contributed by atoms with E-state index in [0.29, 0.717) is 0 Å². The molecule has 0 aliphatic heterocycles. The van der Waals surface area contributed by atoms with Gasteiger partial charge in [0.1, 0.15) is 0 Å². The molecule has 1 atom stereocenters. The van der Waals surface area contributed by atoms with Crippen LogP contribution in [0.1, 0.15) is 23.5 Å². The van der Waals surface area contributed by atoms with Gasteiger partial charge < -0.3 is 5.11 Å². The first-order chi connectivity index (χ1) is 17.2. The van der Waals surface area contributed by atoms with Crippen LogP contribution in [-0.2, 0) is 4.79 Å². The van der Waals surface area contributed by atoms with E-state index in [0.717, 1.165) is 11.1 Å². The molecule has 0 radical (unpaired) electrons. The van der Waals surface area contributed by atoms with E-state index in [4.69, 9.17) is 0 Å². The topological polar surface area (TPSA) is 37.3 Å². The molecule has 8 rings (SSSR count). The van der Waals surface area contributed by atoms with Crippen LogP contribution in [0.15, 0.2) is 97.1 Å². The lowest BCUT2D eigenvalue weighted by Crippen LogP contribution is -2.06. The molecule has 1 unspecified atom stereocenters. The van der Waals surface area contributed by atoms with Crippen molar-refractivity contribution in [3.8, 4) is 33.4 Å². The molecular formula is C33H20O2. The number of hydrogen-bond donors (Lipinski definition) is 1. The Bertz CT molecular complexity index is 1900. The van der Waals surface area contributed by atoms with E-state index in [1.807, 2.05) is 12.1 Å². The van der Waals surface area contributed by atoms with Crippen molar-refractivity contribution < 1.29 is 9.90 Å². The second kappa shape index (κ2) is 6.58. The number of carboxylic acid groups (broad SMARTS) is 1. The molecule has 164 valence electrons. The Labute approximate surface area is 202 Å². The van der Waals surface area contributed by atoms with Crippen LogP contribution < -0.4 is 0 Å². The third kappa shape index (κ3) is 2.31. The van der Waals surface area contributed by atoms with E-state index in [9.17, 15) is 9.90 Å². The SMILES string of the molecule is O=C(O)CC1c2ccccc2-c2c1c1c3c(ccc4ccc5cccc-1c5c43)c2-c1ccccc1. The zero-order valence-corrected chi connectivity index (χ0v) is 18.9. The number of benzene rings is 6. The zero-order valence-electron chi connectivity index (χ0n) is 18.9. The van der Waals surface area contributed by atoms with Gasteiger partial charge in [0.15, 0.2) is 0 Å². The van der Waals surface area contributed by atoms with E-state index in [1.165, 1.54) is 65.7 Å². The van der Waals surface area contributed by atoms with Crippen LogP contribution in [0.4, 0.5) is 0 Å². The summed E-state index contributed by atoms with van der Waals surface area (Å²) in [6.45, 7) is 0. The van der Waals surface area contributed by atoms with E-state index >= 15 is 0 Å². The van der Waals surface area contributed by atoms with Gasteiger partial charge in [0, 0.05) is 5.92 Å². The molecule has 0 fully saturated rings. The lowest BCUT2D eigenvalue weighted by molar-refractivity contribution is -0.137.